The van der Waals surface area contributed by atoms with Crippen molar-refractivity contribution in [1.82, 2.24) is 4.98 Å². The van der Waals surface area contributed by atoms with Crippen molar-refractivity contribution < 1.29 is 4.79 Å². The second-order valence-corrected chi connectivity index (χ2v) is 5.73. The number of nitrogens with zero attached hydrogens (tertiary/aromatic N) is 2. The Kier molecular flexibility index (Phi) is 4.88. The number of pyridine rings is 1. The van der Waals surface area contributed by atoms with E-state index in [9.17, 15) is 4.79 Å². The smallest absolute Gasteiger partial charge is 0.224 e. The molecule has 0 radical (unpaired) electrons. The third-order valence-corrected chi connectivity index (χ3v) is 4.03. The number of fused-ring (bicyclic) bond motifs is 1. The van der Waals surface area contributed by atoms with Crippen LogP contribution in [0.1, 0.15) is 24.8 Å². The second kappa shape index (κ2) is 7.24. The Morgan fingerprint density at radius 1 is 1.26 bits per heavy atom. The van der Waals surface area contributed by atoms with Crippen LogP contribution in [0.15, 0.2) is 42.6 Å². The van der Waals surface area contributed by atoms with Gasteiger partial charge in [0.25, 0.3) is 0 Å². The number of aromatic nitrogens is 1. The lowest BCUT2D eigenvalue weighted by Gasteiger charge is -2.30. The maximum absolute atomic E-state index is 11.7. The van der Waals surface area contributed by atoms with Gasteiger partial charge in [0, 0.05) is 18.7 Å². The largest absolute Gasteiger partial charge is 0.330 e. The highest BCUT2D eigenvalue weighted by molar-refractivity contribution is 5.90. The summed E-state index contributed by atoms with van der Waals surface area (Å²) in [6.45, 7) is 1.49. The van der Waals surface area contributed by atoms with Crippen LogP contribution in [0.2, 0.25) is 0 Å². The lowest BCUT2D eigenvalue weighted by molar-refractivity contribution is -0.116. The highest BCUT2D eigenvalue weighted by Crippen LogP contribution is 2.32. The van der Waals surface area contributed by atoms with Gasteiger partial charge >= 0.3 is 0 Å². The molecule has 1 aliphatic heterocycles. The van der Waals surface area contributed by atoms with Gasteiger partial charge < -0.3 is 16.0 Å². The molecule has 0 saturated carbocycles. The molecule has 1 aliphatic rings. The molecule has 1 aromatic carbocycles. The summed E-state index contributed by atoms with van der Waals surface area (Å²) in [6, 6.07) is 12.3. The summed E-state index contributed by atoms with van der Waals surface area (Å²) < 4.78 is 0. The zero-order chi connectivity index (χ0) is 16.1. The van der Waals surface area contributed by atoms with Crippen molar-refractivity contribution in [2.45, 2.75) is 25.7 Å². The molecule has 2 aromatic rings. The number of para-hydroxylation sites is 1. The zero-order valence-electron chi connectivity index (χ0n) is 13.2. The monoisotopic (exact) mass is 310 g/mol. The summed E-state index contributed by atoms with van der Waals surface area (Å²) >= 11 is 0. The summed E-state index contributed by atoms with van der Waals surface area (Å²) in [4.78, 5) is 18.5. The highest BCUT2D eigenvalue weighted by atomic mass is 16.1. The topological polar surface area (TPSA) is 71.2 Å². The molecule has 23 heavy (non-hydrogen) atoms. The molecule has 5 heteroatoms. The number of hydrogen-bond donors (Lipinski definition) is 2. The fourth-order valence-corrected chi connectivity index (χ4v) is 2.88. The molecule has 0 saturated heterocycles. The minimum atomic E-state index is -0.0201. The third kappa shape index (κ3) is 3.68. The van der Waals surface area contributed by atoms with Gasteiger partial charge in [-0.2, -0.15) is 0 Å². The number of hydrogen-bond acceptors (Lipinski definition) is 4. The molecule has 120 valence electrons. The van der Waals surface area contributed by atoms with Crippen LogP contribution in [0.5, 0.6) is 0 Å². The Bertz CT molecular complexity index is 669. The second-order valence-electron chi connectivity index (χ2n) is 5.73. The van der Waals surface area contributed by atoms with E-state index in [4.69, 9.17) is 5.73 Å². The molecule has 1 amide bonds. The number of amides is 1. The quantitative estimate of drug-likeness (QED) is 0.891. The SMILES string of the molecule is NCCCC(=O)Nc1ccc(N2CCCc3ccccc32)nc1. The van der Waals surface area contributed by atoms with Crippen molar-refractivity contribution in [3.05, 3.63) is 48.2 Å². The van der Waals surface area contributed by atoms with Gasteiger partial charge in [-0.3, -0.25) is 4.79 Å². The molecule has 3 rings (SSSR count). The van der Waals surface area contributed by atoms with E-state index in [0.717, 1.165) is 30.9 Å². The van der Waals surface area contributed by atoms with Crippen molar-refractivity contribution in [2.24, 2.45) is 5.73 Å². The van der Waals surface area contributed by atoms with Gasteiger partial charge in [-0.15, -0.1) is 0 Å². The number of benzene rings is 1. The van der Waals surface area contributed by atoms with E-state index in [1.165, 1.54) is 11.3 Å². The lowest BCUT2D eigenvalue weighted by Crippen LogP contribution is -2.25. The molecule has 2 heterocycles. The summed E-state index contributed by atoms with van der Waals surface area (Å²) in [5.74, 6) is 0.894. The van der Waals surface area contributed by atoms with Crippen molar-refractivity contribution in [3.8, 4) is 0 Å². The van der Waals surface area contributed by atoms with Crippen LogP contribution >= 0.6 is 0 Å². The van der Waals surface area contributed by atoms with Crippen LogP contribution in [0, 0.1) is 0 Å². The van der Waals surface area contributed by atoms with Crippen LogP contribution in [-0.2, 0) is 11.2 Å². The molecule has 0 spiro atoms. The average Bonchev–Trinajstić information content (AvgIpc) is 2.60. The minimum absolute atomic E-state index is 0.0201. The lowest BCUT2D eigenvalue weighted by atomic mass is 10.0. The van der Waals surface area contributed by atoms with Crippen LogP contribution in [0.3, 0.4) is 0 Å². The number of aryl methyl sites for hydroxylation is 1. The summed E-state index contributed by atoms with van der Waals surface area (Å²) in [6.07, 6.45) is 5.09. The molecule has 0 bridgehead atoms. The van der Waals surface area contributed by atoms with Crippen molar-refractivity contribution in [1.29, 1.82) is 0 Å². The molecule has 1 aromatic heterocycles. The van der Waals surface area contributed by atoms with Gasteiger partial charge in [-0.25, -0.2) is 4.98 Å². The number of carbonyl (C=O) groups is 1. The first-order valence-corrected chi connectivity index (χ1v) is 8.09. The molecule has 0 unspecified atom stereocenters. The third-order valence-electron chi connectivity index (χ3n) is 4.03. The predicted molar refractivity (Wildman–Crippen MR) is 92.9 cm³/mol. The average molecular weight is 310 g/mol. The first kappa shape index (κ1) is 15.5. The van der Waals surface area contributed by atoms with Crippen LogP contribution in [0.4, 0.5) is 17.2 Å². The van der Waals surface area contributed by atoms with Gasteiger partial charge in [0.1, 0.15) is 5.82 Å². The van der Waals surface area contributed by atoms with Crippen molar-refractivity contribution in [3.63, 3.8) is 0 Å². The number of nitrogens with two attached hydrogens (primary N) is 1. The van der Waals surface area contributed by atoms with E-state index in [-0.39, 0.29) is 5.91 Å². The van der Waals surface area contributed by atoms with Crippen LogP contribution in [-0.4, -0.2) is 24.0 Å². The van der Waals surface area contributed by atoms with Gasteiger partial charge in [0.05, 0.1) is 11.9 Å². The van der Waals surface area contributed by atoms with Crippen LogP contribution < -0.4 is 16.0 Å². The summed E-state index contributed by atoms with van der Waals surface area (Å²) in [7, 11) is 0. The van der Waals surface area contributed by atoms with Gasteiger partial charge in [-0.1, -0.05) is 18.2 Å². The Balaban J connectivity index is 1.72. The Morgan fingerprint density at radius 3 is 2.91 bits per heavy atom. The van der Waals surface area contributed by atoms with Gasteiger partial charge in [0.15, 0.2) is 0 Å². The fourth-order valence-electron chi connectivity index (χ4n) is 2.88. The zero-order valence-corrected chi connectivity index (χ0v) is 13.2. The van der Waals surface area contributed by atoms with E-state index >= 15 is 0 Å². The molecule has 5 nitrogen and oxygen atoms in total. The van der Waals surface area contributed by atoms with E-state index in [0.29, 0.717) is 19.4 Å². The van der Waals surface area contributed by atoms with Gasteiger partial charge in [0.2, 0.25) is 5.91 Å². The summed E-state index contributed by atoms with van der Waals surface area (Å²) in [5, 5.41) is 2.85. The molecule has 0 aliphatic carbocycles. The number of anilines is 3. The Hall–Kier alpha value is -2.40. The van der Waals surface area contributed by atoms with Crippen molar-refractivity contribution >= 4 is 23.1 Å². The van der Waals surface area contributed by atoms with E-state index in [2.05, 4.69) is 39.5 Å². The summed E-state index contributed by atoms with van der Waals surface area (Å²) in [5.41, 5.74) is 8.73. The van der Waals surface area contributed by atoms with Crippen molar-refractivity contribution in [2.75, 3.05) is 23.3 Å². The standard InChI is InChI=1S/C18H22N4O/c19-11-3-8-18(23)21-15-9-10-17(20-13-15)22-12-4-6-14-5-1-2-7-16(14)22/h1-2,5,7,9-10,13H,3-4,6,8,11-12,19H2,(H,21,23). The highest BCUT2D eigenvalue weighted by Gasteiger charge is 2.18. The minimum Gasteiger partial charge on any atom is -0.330 e. The maximum atomic E-state index is 11.7. The molecule has 0 fully saturated rings. The van der Waals surface area contributed by atoms with E-state index < -0.39 is 0 Å². The first-order valence-electron chi connectivity index (χ1n) is 8.09. The van der Waals surface area contributed by atoms with E-state index in [1.54, 1.807) is 6.20 Å². The van der Waals surface area contributed by atoms with E-state index in [1.807, 2.05) is 12.1 Å². The van der Waals surface area contributed by atoms with Gasteiger partial charge in [-0.05, 0) is 49.6 Å². The first-order chi connectivity index (χ1) is 11.3. The maximum Gasteiger partial charge on any atom is 0.224 e. The molecule has 0 atom stereocenters. The Morgan fingerprint density at radius 2 is 2.13 bits per heavy atom. The number of rotatable bonds is 5. The normalized spacial score (nSPS) is 13.5. The molecule has 3 N–H and O–H groups in total. The fraction of sp³-hybridized carbons (Fsp3) is 0.333. The van der Waals surface area contributed by atoms with Crippen LogP contribution in [0.25, 0.3) is 0 Å². The molecular formula is C18H22N4O. The Labute approximate surface area is 136 Å². The molecular weight excluding hydrogens is 288 g/mol. The predicted octanol–water partition coefficient (Wildman–Crippen LogP) is 2.84. The number of carbonyl (C=O) groups excluding carboxylic acids is 1. The number of nitrogens with one attached hydrogen (secondary N) is 1.